The number of hydrogen-bond acceptors (Lipinski definition) is 6. The fourth-order valence-electron chi connectivity index (χ4n) is 5.05. The molecule has 0 atom stereocenters. The predicted octanol–water partition coefficient (Wildman–Crippen LogP) is 6.72. The van der Waals surface area contributed by atoms with Gasteiger partial charge in [-0.2, -0.15) is 8.78 Å². The van der Waals surface area contributed by atoms with Crippen LogP contribution in [-0.4, -0.2) is 37.0 Å². The number of carbonyl (C=O) groups excluding carboxylic acids is 1. The van der Waals surface area contributed by atoms with Crippen LogP contribution >= 0.6 is 46.6 Å². The number of hydrogen-bond donors (Lipinski definition) is 2. The summed E-state index contributed by atoms with van der Waals surface area (Å²) in [5, 5.41) is 7.44. The number of H-pyrrole nitrogens is 1. The smallest absolute Gasteiger partial charge is 0.362 e. The number of carbonyl (C=O) groups is 1. The summed E-state index contributed by atoms with van der Waals surface area (Å²) in [6, 6.07) is 9.08. The number of rotatable bonds is 5. The third kappa shape index (κ3) is 5.16. The number of anilines is 2. The highest BCUT2D eigenvalue weighted by atomic mass is 35.5. The largest absolute Gasteiger partial charge is 0.506 e. The maximum Gasteiger partial charge on any atom is 0.362 e. The number of nitrogens with one attached hydrogen (secondary N) is 1. The zero-order chi connectivity index (χ0) is 29.1. The molecule has 0 bridgehead atoms. The van der Waals surface area contributed by atoms with Gasteiger partial charge < -0.3 is 24.5 Å². The monoisotopic (exact) mass is 637 g/mol. The van der Waals surface area contributed by atoms with Gasteiger partial charge in [0.2, 0.25) is 5.95 Å². The summed E-state index contributed by atoms with van der Waals surface area (Å²) in [5.74, 6) is 0.0535. The number of pyridine rings is 1. The Hall–Kier alpha value is -3.25. The van der Waals surface area contributed by atoms with E-state index < -0.39 is 22.5 Å². The molecule has 2 N–H and O–H groups in total. The molecule has 0 fully saturated rings. The Bertz CT molecular complexity index is 1740. The summed E-state index contributed by atoms with van der Waals surface area (Å²) >= 11 is 18.6. The van der Waals surface area contributed by atoms with Crippen LogP contribution < -0.4 is 10.5 Å². The van der Waals surface area contributed by atoms with Crippen molar-refractivity contribution in [2.24, 2.45) is 0 Å². The quantitative estimate of drug-likeness (QED) is 0.236. The van der Waals surface area contributed by atoms with Crippen LogP contribution in [0.4, 0.5) is 20.4 Å². The summed E-state index contributed by atoms with van der Waals surface area (Å²) < 4.78 is 30.1. The van der Waals surface area contributed by atoms with Crippen LogP contribution in [-0.2, 0) is 25.0 Å². The number of fused-ring (bicyclic) bond motifs is 2. The van der Waals surface area contributed by atoms with Crippen molar-refractivity contribution >= 4 is 64.1 Å². The van der Waals surface area contributed by atoms with Crippen molar-refractivity contribution in [2.45, 2.75) is 41.2 Å². The molecule has 0 saturated carbocycles. The Morgan fingerprint density at radius 3 is 2.51 bits per heavy atom. The van der Waals surface area contributed by atoms with Crippen LogP contribution in [0.25, 0.3) is 0 Å². The SMILES string of the molecule is O=C(c1c(Sc2c(Cl)cccc2Cl)cc(C(F)(F)Cl)[nH]c1=O)N1Cc2cc(O)c(N3CCCn4ccnc43)cc2C1. The number of alkyl halides is 3. The van der Waals surface area contributed by atoms with E-state index in [0.29, 0.717) is 28.6 Å². The molecule has 4 heterocycles. The van der Waals surface area contributed by atoms with Crippen molar-refractivity contribution in [3.63, 3.8) is 0 Å². The molecule has 1 amide bonds. The number of aryl methyl sites for hydroxylation is 1. The number of halogens is 5. The van der Waals surface area contributed by atoms with E-state index in [2.05, 4.69) is 4.98 Å². The highest BCUT2D eigenvalue weighted by Crippen LogP contribution is 2.43. The van der Waals surface area contributed by atoms with Gasteiger partial charge >= 0.3 is 5.38 Å². The number of imidazole rings is 1. The van der Waals surface area contributed by atoms with Gasteiger partial charge in [-0.05, 0) is 59.5 Å². The van der Waals surface area contributed by atoms with Crippen LogP contribution in [0.3, 0.4) is 0 Å². The lowest BCUT2D eigenvalue weighted by atomic mass is 10.1. The van der Waals surface area contributed by atoms with E-state index in [9.17, 15) is 23.5 Å². The molecule has 0 spiro atoms. The van der Waals surface area contributed by atoms with Crippen LogP contribution in [0.5, 0.6) is 5.75 Å². The standard InChI is InChI=1S/C27H20Cl3F2N5O3S/c28-16-3-1-4-17(29)23(16)41-20-11-21(27(30,31)32)34-24(39)22(20)25(40)36-12-14-9-18(19(38)10-15(14)13-36)37-7-2-6-35-8-5-33-26(35)37/h1,3-5,8-11,38H,2,6-7,12-13H2,(H,34,39). The third-order valence-electron chi connectivity index (χ3n) is 6.96. The molecule has 4 aromatic rings. The number of nitrogens with zero attached hydrogens (tertiary/aromatic N) is 4. The average molecular weight is 639 g/mol. The van der Waals surface area contributed by atoms with Crippen molar-refractivity contribution < 1.29 is 18.7 Å². The Balaban J connectivity index is 1.35. The van der Waals surface area contributed by atoms with Crippen molar-refractivity contribution in [3.05, 3.63) is 91.6 Å². The highest BCUT2D eigenvalue weighted by molar-refractivity contribution is 7.99. The third-order valence-corrected chi connectivity index (χ3v) is 9.20. The predicted molar refractivity (Wildman–Crippen MR) is 153 cm³/mol. The summed E-state index contributed by atoms with van der Waals surface area (Å²) in [6.45, 7) is 1.71. The number of aromatic nitrogens is 3. The van der Waals surface area contributed by atoms with Gasteiger partial charge in [-0.15, -0.1) is 0 Å². The number of aromatic amines is 1. The zero-order valence-corrected chi connectivity index (χ0v) is 24.1. The maximum atomic E-state index is 14.0. The van der Waals surface area contributed by atoms with Crippen molar-refractivity contribution in [2.75, 3.05) is 11.4 Å². The Labute approximate surface area is 251 Å². The van der Waals surface area contributed by atoms with E-state index in [-0.39, 0.29) is 39.3 Å². The minimum absolute atomic E-state index is 0.0330. The number of aromatic hydroxyl groups is 1. The lowest BCUT2D eigenvalue weighted by Crippen LogP contribution is -2.32. The lowest BCUT2D eigenvalue weighted by molar-refractivity contribution is 0.0740. The molecule has 212 valence electrons. The van der Waals surface area contributed by atoms with Crippen molar-refractivity contribution in [3.8, 4) is 5.75 Å². The molecule has 2 aromatic carbocycles. The van der Waals surface area contributed by atoms with Gasteiger partial charge in [-0.3, -0.25) is 9.59 Å². The second kappa shape index (κ2) is 10.5. The van der Waals surface area contributed by atoms with Crippen LogP contribution in [0.2, 0.25) is 10.0 Å². The number of phenolic OH excluding ortho intramolecular Hbond substituents is 1. The van der Waals surface area contributed by atoms with Gasteiger partial charge in [0.1, 0.15) is 17.0 Å². The molecule has 0 radical (unpaired) electrons. The van der Waals surface area contributed by atoms with E-state index in [1.165, 1.54) is 4.90 Å². The first-order chi connectivity index (χ1) is 19.5. The van der Waals surface area contributed by atoms with Crippen LogP contribution in [0.15, 0.2) is 63.4 Å². The second-order valence-corrected chi connectivity index (χ2v) is 11.9. The normalized spacial score (nSPS) is 14.8. The molecule has 2 aliphatic heterocycles. The summed E-state index contributed by atoms with van der Waals surface area (Å²) in [7, 11) is 0. The molecular formula is C27H20Cl3F2N5O3S. The topological polar surface area (TPSA) is 94.5 Å². The lowest BCUT2D eigenvalue weighted by Gasteiger charge is -2.29. The second-order valence-electron chi connectivity index (χ2n) is 9.60. The molecule has 0 saturated heterocycles. The summed E-state index contributed by atoms with van der Waals surface area (Å²) in [6.07, 6.45) is 4.44. The van der Waals surface area contributed by atoms with E-state index in [4.69, 9.17) is 34.8 Å². The molecule has 0 unspecified atom stereocenters. The molecular weight excluding hydrogens is 619 g/mol. The minimum Gasteiger partial charge on any atom is -0.506 e. The molecule has 41 heavy (non-hydrogen) atoms. The summed E-state index contributed by atoms with van der Waals surface area (Å²) in [4.78, 5) is 36.9. The van der Waals surface area contributed by atoms with Gasteiger partial charge in [0.25, 0.3) is 11.5 Å². The molecule has 14 heteroatoms. The van der Waals surface area contributed by atoms with Crippen molar-refractivity contribution in [1.29, 1.82) is 0 Å². The van der Waals surface area contributed by atoms with E-state index in [1.54, 1.807) is 30.5 Å². The maximum absolute atomic E-state index is 14.0. The van der Waals surface area contributed by atoms with Gasteiger partial charge in [-0.25, -0.2) is 4.98 Å². The minimum atomic E-state index is -3.89. The van der Waals surface area contributed by atoms with Gasteiger partial charge in [0.05, 0.1) is 15.7 Å². The first kappa shape index (κ1) is 27.9. The first-order valence-corrected chi connectivity index (χ1v) is 14.4. The Kier molecular flexibility index (Phi) is 7.17. The van der Waals surface area contributed by atoms with E-state index in [0.717, 1.165) is 36.4 Å². The number of benzene rings is 2. The molecule has 8 nitrogen and oxygen atoms in total. The van der Waals surface area contributed by atoms with Crippen LogP contribution in [0.1, 0.15) is 33.6 Å². The van der Waals surface area contributed by atoms with Gasteiger partial charge in [0, 0.05) is 48.4 Å². The van der Waals surface area contributed by atoms with Gasteiger partial charge in [0.15, 0.2) is 0 Å². The fraction of sp³-hybridized carbons (Fsp3) is 0.222. The summed E-state index contributed by atoms with van der Waals surface area (Å²) in [5.41, 5.74) is -0.224. The molecule has 2 aromatic heterocycles. The fourth-order valence-corrected chi connectivity index (χ4v) is 6.79. The molecule has 2 aliphatic rings. The Morgan fingerprint density at radius 1 is 1.10 bits per heavy atom. The van der Waals surface area contributed by atoms with E-state index >= 15 is 0 Å². The van der Waals surface area contributed by atoms with Crippen molar-refractivity contribution in [1.82, 2.24) is 19.4 Å². The highest BCUT2D eigenvalue weighted by Gasteiger charge is 2.35. The first-order valence-electron chi connectivity index (χ1n) is 12.4. The molecule has 6 rings (SSSR count). The Morgan fingerprint density at radius 2 is 1.80 bits per heavy atom. The average Bonchev–Trinajstić information content (AvgIpc) is 3.56. The number of phenols is 1. The van der Waals surface area contributed by atoms with E-state index in [1.807, 2.05) is 26.7 Å². The zero-order valence-electron chi connectivity index (χ0n) is 21.0. The molecule has 0 aliphatic carbocycles. The van der Waals surface area contributed by atoms with Gasteiger partial charge in [-0.1, -0.05) is 41.0 Å². The number of amides is 1. The van der Waals surface area contributed by atoms with Crippen LogP contribution in [0, 0.1) is 0 Å².